The Kier molecular flexibility index (Phi) is 11.6. The van der Waals surface area contributed by atoms with Crippen molar-refractivity contribution in [3.05, 3.63) is 0 Å². The highest BCUT2D eigenvalue weighted by Crippen LogP contribution is 2.56. The zero-order valence-electron chi connectivity index (χ0n) is 19.2. The van der Waals surface area contributed by atoms with E-state index in [-0.39, 0.29) is 6.04 Å². The van der Waals surface area contributed by atoms with Crippen molar-refractivity contribution in [1.82, 2.24) is 0 Å². The van der Waals surface area contributed by atoms with Gasteiger partial charge in [-0.2, -0.15) is 74.6 Å². The lowest BCUT2D eigenvalue weighted by Crippen LogP contribution is -2.67. The second-order valence-electron chi connectivity index (χ2n) is 7.08. The van der Waals surface area contributed by atoms with E-state index in [0.29, 0.717) is 0 Å². The van der Waals surface area contributed by atoms with Crippen molar-refractivity contribution in [3.8, 4) is 0 Å². The molecule has 0 heterocycles. The maximum atomic E-state index is 14.3. The molecule has 39 heavy (non-hydrogen) atoms. The van der Waals surface area contributed by atoms with Crippen molar-refractivity contribution >= 4 is 8.80 Å². The van der Waals surface area contributed by atoms with Gasteiger partial charge in [-0.15, -0.1) is 0 Å². The molecule has 0 radical (unpaired) electrons. The van der Waals surface area contributed by atoms with Crippen LogP contribution < -0.4 is 0 Å². The molecule has 0 aliphatic heterocycles. The lowest BCUT2D eigenvalue weighted by Gasteiger charge is -2.40. The van der Waals surface area contributed by atoms with Gasteiger partial charge in [-0.05, 0) is 6.42 Å². The Morgan fingerprint density at radius 2 is 0.974 bits per heavy atom. The zero-order valence-corrected chi connectivity index (χ0v) is 20.2. The molecule has 0 fully saturated rings. The highest BCUT2D eigenvalue weighted by atomic mass is 28.4. The summed E-state index contributed by atoms with van der Waals surface area (Å²) in [6.45, 7) is -3.94. The monoisotopic (exact) mass is 644 g/mol. The van der Waals surface area contributed by atoms with E-state index < -0.39 is 76.8 Å². The molecular formula is C15H17F17O6Si. The van der Waals surface area contributed by atoms with Crippen molar-refractivity contribution in [3.63, 3.8) is 0 Å². The number of hydrogen-bond donors (Lipinski definition) is 0. The number of halogens is 17. The fourth-order valence-corrected chi connectivity index (χ4v) is 3.97. The second-order valence-corrected chi connectivity index (χ2v) is 10.2. The Bertz CT molecular complexity index is 776. The smallest absolute Gasteiger partial charge is 0.377 e. The Labute approximate surface area is 207 Å². The third-order valence-corrected chi connectivity index (χ3v) is 7.27. The maximum absolute atomic E-state index is 14.3. The summed E-state index contributed by atoms with van der Waals surface area (Å²) in [5.41, 5.74) is 0. The van der Waals surface area contributed by atoms with Crippen molar-refractivity contribution in [1.29, 1.82) is 0 Å². The van der Waals surface area contributed by atoms with Gasteiger partial charge in [0, 0.05) is 34.0 Å². The molecule has 0 saturated carbocycles. The minimum atomic E-state index is -7.93. The molecule has 0 N–H and O–H groups in total. The van der Waals surface area contributed by atoms with Gasteiger partial charge in [0.05, 0.1) is 0 Å². The summed E-state index contributed by atoms with van der Waals surface area (Å²) < 4.78 is 245. The molecule has 0 aromatic carbocycles. The van der Waals surface area contributed by atoms with E-state index in [1.165, 1.54) is 4.74 Å². The zero-order chi connectivity index (χ0) is 31.6. The van der Waals surface area contributed by atoms with Crippen LogP contribution in [0.5, 0.6) is 0 Å². The van der Waals surface area contributed by atoms with Crippen LogP contribution in [0, 0.1) is 0 Å². The first-order valence-corrected chi connectivity index (χ1v) is 11.3. The Hall–Kier alpha value is -1.21. The highest BCUT2D eigenvalue weighted by molar-refractivity contribution is 6.60. The summed E-state index contributed by atoms with van der Waals surface area (Å²) in [6.07, 6.45) is -38.4. The largest absolute Gasteiger partial charge is 0.500 e. The van der Waals surface area contributed by atoms with Gasteiger partial charge in [-0.1, -0.05) is 0 Å². The van der Waals surface area contributed by atoms with E-state index in [2.05, 4.69) is 9.47 Å². The molecule has 2 unspecified atom stereocenters. The molecule has 2 atom stereocenters. The van der Waals surface area contributed by atoms with Gasteiger partial charge >= 0.3 is 57.2 Å². The number of rotatable bonds is 15. The van der Waals surface area contributed by atoms with Crippen molar-refractivity contribution in [2.24, 2.45) is 0 Å². The number of ether oxygens (including phenoxy) is 3. The van der Waals surface area contributed by atoms with Gasteiger partial charge in [-0.25, -0.2) is 0 Å². The normalized spacial score (nSPS) is 18.2. The van der Waals surface area contributed by atoms with Gasteiger partial charge in [0.15, 0.2) is 0 Å². The van der Waals surface area contributed by atoms with Gasteiger partial charge in [0.2, 0.25) is 0 Å². The van der Waals surface area contributed by atoms with Gasteiger partial charge in [0.1, 0.15) is 6.61 Å². The van der Waals surface area contributed by atoms with Gasteiger partial charge in [0.25, 0.3) is 0 Å². The van der Waals surface area contributed by atoms with Crippen LogP contribution in [0.4, 0.5) is 74.6 Å². The molecule has 0 bridgehead atoms. The lowest BCUT2D eigenvalue weighted by atomic mass is 10.2. The molecule has 0 aromatic rings. The minimum Gasteiger partial charge on any atom is -0.377 e. The van der Waals surface area contributed by atoms with E-state index in [1.807, 2.05) is 0 Å². The van der Waals surface area contributed by atoms with E-state index in [9.17, 15) is 74.6 Å². The molecule has 0 spiro atoms. The fraction of sp³-hybridized carbons (Fsp3) is 1.00. The average Bonchev–Trinajstić information content (AvgIpc) is 2.73. The molecular weight excluding hydrogens is 627 g/mol. The first kappa shape index (κ1) is 37.8. The second kappa shape index (κ2) is 12.0. The van der Waals surface area contributed by atoms with Crippen LogP contribution in [0.3, 0.4) is 0 Å². The molecule has 0 rings (SSSR count). The van der Waals surface area contributed by atoms with Crippen LogP contribution in [-0.2, 0) is 27.5 Å². The molecule has 0 saturated heterocycles. The summed E-state index contributed by atoms with van der Waals surface area (Å²) in [5, 5.41) is 0. The Balaban J connectivity index is 6.16. The van der Waals surface area contributed by atoms with E-state index in [4.69, 9.17) is 13.3 Å². The number of alkyl halides is 17. The first-order chi connectivity index (χ1) is 17.1. The van der Waals surface area contributed by atoms with Crippen LogP contribution in [0.15, 0.2) is 0 Å². The summed E-state index contributed by atoms with van der Waals surface area (Å²) in [5.74, 6) is -22.0. The molecule has 6 nitrogen and oxygen atoms in total. The van der Waals surface area contributed by atoms with E-state index in [1.54, 1.807) is 0 Å². The van der Waals surface area contributed by atoms with Crippen LogP contribution in [0.25, 0.3) is 0 Å². The maximum Gasteiger partial charge on any atom is 0.500 e. The predicted molar refractivity (Wildman–Crippen MR) is 89.9 cm³/mol. The Morgan fingerprint density at radius 3 is 1.31 bits per heavy atom. The SMILES string of the molecule is CO[Si](CCCOCC(F)(OC(F)(F)C(F)(OC(F)(F)C(F)(F)C(F)(F)F)C(F)(F)F)C(F)(F)F)(OC)OC. The summed E-state index contributed by atoms with van der Waals surface area (Å²) in [4.78, 5) is 0. The molecule has 24 heteroatoms. The quantitative estimate of drug-likeness (QED) is 0.121. The van der Waals surface area contributed by atoms with E-state index in [0.717, 1.165) is 21.3 Å². The topological polar surface area (TPSA) is 55.4 Å². The highest BCUT2D eigenvalue weighted by Gasteiger charge is 2.85. The molecule has 0 amide bonds. The van der Waals surface area contributed by atoms with E-state index >= 15 is 0 Å². The van der Waals surface area contributed by atoms with Gasteiger partial charge in [-0.3, -0.25) is 9.47 Å². The summed E-state index contributed by atoms with van der Waals surface area (Å²) in [6, 6.07) is -0.309. The Morgan fingerprint density at radius 1 is 0.538 bits per heavy atom. The molecule has 0 aromatic heterocycles. The molecule has 0 aliphatic carbocycles. The third-order valence-electron chi connectivity index (χ3n) is 4.43. The molecule has 0 aliphatic rings. The van der Waals surface area contributed by atoms with Crippen LogP contribution in [-0.4, -0.2) is 91.7 Å². The number of hydrogen-bond acceptors (Lipinski definition) is 6. The van der Waals surface area contributed by atoms with Crippen LogP contribution in [0.1, 0.15) is 6.42 Å². The van der Waals surface area contributed by atoms with Crippen LogP contribution >= 0.6 is 0 Å². The predicted octanol–water partition coefficient (Wildman–Crippen LogP) is 6.14. The standard InChI is InChI=1S/C15H17F17O6Si/c1-33-39(34-2,35-3)6-4-5-36-7-8(16,11(20,21)22)37-15(31,32)10(19,13(26,27)28)38-14(29,30)9(17,18)12(23,24)25/h4-7H2,1-3H3. The van der Waals surface area contributed by atoms with Crippen molar-refractivity contribution in [2.75, 3.05) is 34.5 Å². The molecule has 236 valence electrons. The lowest BCUT2D eigenvalue weighted by molar-refractivity contribution is -0.553. The minimum absolute atomic E-state index is 0.309. The summed E-state index contributed by atoms with van der Waals surface area (Å²) in [7, 11) is -0.251. The van der Waals surface area contributed by atoms with Crippen molar-refractivity contribution in [2.45, 2.75) is 60.8 Å². The fourth-order valence-electron chi connectivity index (χ4n) is 2.28. The first-order valence-electron chi connectivity index (χ1n) is 9.40. The third kappa shape index (κ3) is 7.96. The summed E-state index contributed by atoms with van der Waals surface area (Å²) >= 11 is 0. The van der Waals surface area contributed by atoms with Crippen LogP contribution in [0.2, 0.25) is 6.04 Å². The van der Waals surface area contributed by atoms with Gasteiger partial charge < -0.3 is 18.0 Å². The van der Waals surface area contributed by atoms with Crippen molar-refractivity contribution < 1.29 is 102 Å². The average molecular weight is 644 g/mol.